The average Bonchev–Trinajstić information content (AvgIpc) is 1.92. The van der Waals surface area contributed by atoms with Crippen molar-refractivity contribution in [3.8, 4) is 0 Å². The molecule has 0 rings (SSSR count). The van der Waals surface area contributed by atoms with Gasteiger partial charge < -0.3 is 9.94 Å². The minimum Gasteiger partial charge on any atom is -0.400 e. The summed E-state index contributed by atoms with van der Waals surface area (Å²) in [5.74, 6) is 0.580. The Kier molecular flexibility index (Phi) is 13.5. The molecule has 0 aliphatic heterocycles. The van der Waals surface area contributed by atoms with Crippen LogP contribution in [-0.4, -0.2) is 18.8 Å². The second kappa shape index (κ2) is 11.2. The Hall–Kier alpha value is -0.640. The van der Waals surface area contributed by atoms with Gasteiger partial charge in [0, 0.05) is 7.11 Å². The third-order valence-corrected chi connectivity index (χ3v) is 0.839. The summed E-state index contributed by atoms with van der Waals surface area (Å²) in [6, 6.07) is 0. The van der Waals surface area contributed by atoms with Crippen LogP contribution in [0.2, 0.25) is 0 Å². The van der Waals surface area contributed by atoms with E-state index in [2.05, 4.69) is 24.0 Å². The lowest BCUT2D eigenvalue weighted by Crippen LogP contribution is -1.93. The van der Waals surface area contributed by atoms with E-state index in [1.165, 1.54) is 0 Å². The lowest BCUT2D eigenvalue weighted by atomic mass is 10.1. The lowest BCUT2D eigenvalue weighted by molar-refractivity contribution is 0.128. The Morgan fingerprint density at radius 1 is 1.50 bits per heavy atom. The predicted molar refractivity (Wildman–Crippen MR) is 39.3 cm³/mol. The summed E-state index contributed by atoms with van der Waals surface area (Å²) in [5.41, 5.74) is 0. The van der Waals surface area contributed by atoms with Gasteiger partial charge in [0.05, 0.1) is 0 Å². The van der Waals surface area contributed by atoms with Crippen LogP contribution >= 0.6 is 0 Å². The van der Waals surface area contributed by atoms with Crippen molar-refractivity contribution < 1.29 is 9.94 Å². The van der Waals surface area contributed by atoms with Crippen LogP contribution in [0, 0.1) is 10.8 Å². The average molecular weight is 149 g/mol. The van der Waals surface area contributed by atoms with Gasteiger partial charge in [-0.05, 0) is 12.3 Å². The first kappa shape index (κ1) is 12.1. The summed E-state index contributed by atoms with van der Waals surface area (Å²) < 4.78 is 0. The van der Waals surface area contributed by atoms with Gasteiger partial charge in [0.15, 0.2) is 5.34 Å². The van der Waals surface area contributed by atoms with Gasteiger partial charge >= 0.3 is 0 Å². The highest BCUT2D eigenvalue weighted by molar-refractivity contribution is 4.40. The van der Waals surface area contributed by atoms with E-state index >= 15 is 0 Å². The smallest absolute Gasteiger partial charge is 0.155 e. The van der Waals surface area contributed by atoms with Crippen LogP contribution in [0.1, 0.15) is 20.3 Å². The minimum atomic E-state index is 0.446. The number of nitrogens with zero attached hydrogens (tertiary/aromatic N) is 1. The summed E-state index contributed by atoms with van der Waals surface area (Å²) in [7, 11) is 1.00. The molecule has 1 N–H and O–H groups in total. The van der Waals surface area contributed by atoms with Gasteiger partial charge in [0.1, 0.15) is 6.61 Å². The molecule has 0 atom stereocenters. The molecule has 0 amide bonds. The molecular formula is C6H15NO3. The molecule has 62 valence electrons. The normalized spacial score (nSPS) is 8.10. The van der Waals surface area contributed by atoms with Crippen molar-refractivity contribution in [3.05, 3.63) is 4.91 Å². The first-order chi connectivity index (χ1) is 4.77. The Bertz CT molecular complexity index is 66.0. The van der Waals surface area contributed by atoms with Crippen molar-refractivity contribution in [1.82, 2.24) is 0 Å². The molecule has 0 aliphatic carbocycles. The quantitative estimate of drug-likeness (QED) is 0.373. The van der Waals surface area contributed by atoms with E-state index in [4.69, 9.17) is 5.11 Å². The zero-order valence-corrected chi connectivity index (χ0v) is 6.70. The van der Waals surface area contributed by atoms with Gasteiger partial charge in [-0.1, -0.05) is 13.8 Å². The topological polar surface area (TPSA) is 58.9 Å². The third kappa shape index (κ3) is 15.7. The van der Waals surface area contributed by atoms with Crippen molar-refractivity contribution in [1.29, 1.82) is 0 Å². The molecule has 0 aromatic rings. The summed E-state index contributed by atoms with van der Waals surface area (Å²) >= 11 is 0. The van der Waals surface area contributed by atoms with E-state index in [1.807, 2.05) is 0 Å². The lowest BCUT2D eigenvalue weighted by Gasteiger charge is -1.98. The van der Waals surface area contributed by atoms with Crippen molar-refractivity contribution in [3.63, 3.8) is 0 Å². The Morgan fingerprint density at radius 2 is 2.00 bits per heavy atom. The maximum absolute atomic E-state index is 9.31. The maximum Gasteiger partial charge on any atom is 0.155 e. The van der Waals surface area contributed by atoms with Gasteiger partial charge in [-0.15, -0.1) is 4.91 Å². The molecule has 0 fully saturated rings. The van der Waals surface area contributed by atoms with E-state index in [1.54, 1.807) is 0 Å². The number of hydrogen-bond donors (Lipinski definition) is 1. The van der Waals surface area contributed by atoms with E-state index in [0.717, 1.165) is 13.5 Å². The van der Waals surface area contributed by atoms with Crippen LogP contribution in [-0.2, 0) is 4.84 Å². The molecule has 0 saturated carbocycles. The molecule has 4 heteroatoms. The summed E-state index contributed by atoms with van der Waals surface area (Å²) in [6.45, 7) is 4.57. The number of aliphatic hydroxyl groups excluding tert-OH is 1. The minimum absolute atomic E-state index is 0.446. The van der Waals surface area contributed by atoms with Gasteiger partial charge in [0.25, 0.3) is 0 Å². The molecule has 0 aromatic carbocycles. The fourth-order valence-electron chi connectivity index (χ4n) is 0.326. The standard InChI is InChI=1S/C5H11NO2.CH4O/c1-5(2)3-4-8-6-7;1-2/h5H,3-4H2,1-2H3;2H,1H3. The number of rotatable bonds is 4. The first-order valence-corrected chi connectivity index (χ1v) is 3.16. The van der Waals surface area contributed by atoms with E-state index < -0.39 is 0 Å². The van der Waals surface area contributed by atoms with Crippen molar-refractivity contribution in [2.75, 3.05) is 13.7 Å². The Morgan fingerprint density at radius 3 is 2.30 bits per heavy atom. The van der Waals surface area contributed by atoms with E-state index in [0.29, 0.717) is 12.5 Å². The summed E-state index contributed by atoms with van der Waals surface area (Å²) in [5, 5.41) is 9.26. The van der Waals surface area contributed by atoms with E-state index in [-0.39, 0.29) is 0 Å². The third-order valence-electron chi connectivity index (χ3n) is 0.839. The molecule has 0 aliphatic rings. The Labute approximate surface area is 61.1 Å². The molecule has 10 heavy (non-hydrogen) atoms. The van der Waals surface area contributed by atoms with Crippen molar-refractivity contribution in [2.45, 2.75) is 20.3 Å². The van der Waals surface area contributed by atoms with Crippen molar-refractivity contribution in [2.24, 2.45) is 11.3 Å². The monoisotopic (exact) mass is 149 g/mol. The van der Waals surface area contributed by atoms with Gasteiger partial charge in [-0.25, -0.2) is 0 Å². The molecule has 0 unspecified atom stereocenters. The molecule has 0 bridgehead atoms. The first-order valence-electron chi connectivity index (χ1n) is 3.16. The van der Waals surface area contributed by atoms with Gasteiger partial charge in [0.2, 0.25) is 0 Å². The number of aliphatic hydroxyl groups is 1. The second-order valence-corrected chi connectivity index (χ2v) is 2.09. The molecule has 0 saturated heterocycles. The van der Waals surface area contributed by atoms with Crippen LogP contribution < -0.4 is 0 Å². The van der Waals surface area contributed by atoms with Gasteiger partial charge in [-0.2, -0.15) is 0 Å². The highest BCUT2D eigenvalue weighted by Gasteiger charge is 1.91. The molecule has 0 spiro atoms. The number of hydrogen-bond acceptors (Lipinski definition) is 4. The van der Waals surface area contributed by atoms with Crippen LogP contribution in [0.25, 0.3) is 0 Å². The fraction of sp³-hybridized carbons (Fsp3) is 1.00. The summed E-state index contributed by atoms with van der Waals surface area (Å²) in [4.78, 5) is 13.5. The fourth-order valence-corrected chi connectivity index (χ4v) is 0.326. The molecule has 0 aromatic heterocycles. The molecule has 4 nitrogen and oxygen atoms in total. The molecule has 0 radical (unpaired) electrons. The molecular weight excluding hydrogens is 134 g/mol. The van der Waals surface area contributed by atoms with Crippen molar-refractivity contribution >= 4 is 0 Å². The predicted octanol–water partition coefficient (Wildman–Crippen LogP) is 1.34. The van der Waals surface area contributed by atoms with Crippen LogP contribution in [0.15, 0.2) is 5.34 Å². The largest absolute Gasteiger partial charge is 0.400 e. The zero-order chi connectivity index (χ0) is 8.41. The van der Waals surface area contributed by atoms with Crippen LogP contribution in [0.5, 0.6) is 0 Å². The van der Waals surface area contributed by atoms with E-state index in [9.17, 15) is 4.91 Å². The highest BCUT2D eigenvalue weighted by Crippen LogP contribution is 1.98. The highest BCUT2D eigenvalue weighted by atomic mass is 16.7. The van der Waals surface area contributed by atoms with Gasteiger partial charge in [-0.3, -0.25) is 0 Å². The Balaban J connectivity index is 0. The van der Waals surface area contributed by atoms with Crippen LogP contribution in [0.3, 0.4) is 0 Å². The maximum atomic E-state index is 9.31. The van der Waals surface area contributed by atoms with Crippen LogP contribution in [0.4, 0.5) is 0 Å². The second-order valence-electron chi connectivity index (χ2n) is 2.09. The zero-order valence-electron chi connectivity index (χ0n) is 6.70. The molecule has 0 heterocycles. The SMILES string of the molecule is CC(C)CCON=O.CO. The summed E-state index contributed by atoms with van der Waals surface area (Å²) in [6.07, 6.45) is 0.895.